The Morgan fingerprint density at radius 3 is 2.47 bits per heavy atom. The predicted octanol–water partition coefficient (Wildman–Crippen LogP) is 5.65. The number of aryl methyl sites for hydroxylation is 1. The fourth-order valence-corrected chi connectivity index (χ4v) is 5.90. The van der Waals surface area contributed by atoms with Crippen molar-refractivity contribution < 1.29 is 32.6 Å². The molecule has 1 unspecified atom stereocenters. The van der Waals surface area contributed by atoms with Crippen molar-refractivity contribution in [1.82, 2.24) is 4.90 Å². The Balaban J connectivity index is 0.00000248. The summed E-state index contributed by atoms with van der Waals surface area (Å²) >= 11 is 0. The van der Waals surface area contributed by atoms with E-state index < -0.39 is 29.8 Å². The zero-order chi connectivity index (χ0) is 31.8. The molecule has 2 heterocycles. The Kier molecular flexibility index (Phi) is 11.6. The van der Waals surface area contributed by atoms with Crippen molar-refractivity contribution in [2.24, 2.45) is 0 Å². The summed E-state index contributed by atoms with van der Waals surface area (Å²) in [5, 5.41) is 21.9. The smallest absolute Gasteiger partial charge is 0.418 e. The van der Waals surface area contributed by atoms with Crippen molar-refractivity contribution in [3.05, 3.63) is 52.6 Å². The summed E-state index contributed by atoms with van der Waals surface area (Å²) in [6.45, 7) is 8.86. The highest BCUT2D eigenvalue weighted by atomic mass is 19.4. The van der Waals surface area contributed by atoms with Crippen molar-refractivity contribution in [3.8, 4) is 11.8 Å². The van der Waals surface area contributed by atoms with Gasteiger partial charge in [-0.2, -0.15) is 18.4 Å². The Bertz CT molecular complexity index is 1310. The molecule has 0 aliphatic carbocycles. The van der Waals surface area contributed by atoms with E-state index in [-0.39, 0.29) is 24.0 Å². The quantitative estimate of drug-likeness (QED) is 0.322. The maximum atomic E-state index is 14.2. The number of alkyl halides is 3. The van der Waals surface area contributed by atoms with Crippen molar-refractivity contribution in [1.29, 1.82) is 5.26 Å². The molecule has 2 aliphatic heterocycles. The Labute approximate surface area is 251 Å². The minimum atomic E-state index is -4.74. The van der Waals surface area contributed by atoms with Gasteiger partial charge in [-0.1, -0.05) is 34.1 Å². The molecular formula is C32H41F3N4O4. The number of halogens is 3. The number of likely N-dealkylation sites (tertiary alicyclic amines) is 1. The molecule has 43 heavy (non-hydrogen) atoms. The number of carbonyl (C=O) groups excluding carboxylic acids is 2. The number of ether oxygens (including phenoxy) is 1. The van der Waals surface area contributed by atoms with Gasteiger partial charge >= 0.3 is 6.18 Å². The number of hydrogen-bond donors (Lipinski definition) is 2. The summed E-state index contributed by atoms with van der Waals surface area (Å²) < 4.78 is 48.5. The van der Waals surface area contributed by atoms with Gasteiger partial charge in [-0.15, -0.1) is 0 Å². The van der Waals surface area contributed by atoms with Crippen LogP contribution < -0.4 is 15.0 Å². The van der Waals surface area contributed by atoms with E-state index >= 15 is 0 Å². The third kappa shape index (κ3) is 7.13. The lowest BCUT2D eigenvalue weighted by molar-refractivity contribution is -0.137. The average molecular weight is 603 g/mol. The van der Waals surface area contributed by atoms with Crippen LogP contribution in [0.25, 0.3) is 0 Å². The van der Waals surface area contributed by atoms with Crippen LogP contribution in [0.1, 0.15) is 75.6 Å². The maximum absolute atomic E-state index is 14.2. The van der Waals surface area contributed by atoms with Gasteiger partial charge in [0.2, 0.25) is 12.3 Å². The van der Waals surface area contributed by atoms with Gasteiger partial charge in [-0.05, 0) is 80.2 Å². The molecule has 4 rings (SSSR count). The summed E-state index contributed by atoms with van der Waals surface area (Å²) in [5.41, 5.74) is 0.505. The van der Waals surface area contributed by atoms with Crippen LogP contribution in [0.5, 0.6) is 5.75 Å². The molecule has 1 spiro atoms. The molecule has 2 aliphatic rings. The van der Waals surface area contributed by atoms with Crippen molar-refractivity contribution in [3.63, 3.8) is 0 Å². The summed E-state index contributed by atoms with van der Waals surface area (Å²) in [6, 6.07) is 9.03. The van der Waals surface area contributed by atoms with Gasteiger partial charge in [0.15, 0.2) is 0 Å². The third-order valence-corrected chi connectivity index (χ3v) is 8.17. The number of anilines is 2. The molecule has 11 heteroatoms. The highest BCUT2D eigenvalue weighted by Crippen LogP contribution is 2.45. The normalized spacial score (nSPS) is 16.4. The average Bonchev–Trinajstić information content (AvgIpc) is 3.27. The number of benzene rings is 2. The Hall–Kier alpha value is -3.62. The van der Waals surface area contributed by atoms with Crippen LogP contribution in [0, 0.1) is 11.3 Å². The lowest BCUT2D eigenvalue weighted by Crippen LogP contribution is -2.47. The highest BCUT2D eigenvalue weighted by molar-refractivity contribution is 6.06. The van der Waals surface area contributed by atoms with Crippen LogP contribution in [0.15, 0.2) is 30.3 Å². The lowest BCUT2D eigenvalue weighted by atomic mass is 9.73. The van der Waals surface area contributed by atoms with Crippen LogP contribution in [0.3, 0.4) is 0 Å². The van der Waals surface area contributed by atoms with Crippen LogP contribution in [-0.2, 0) is 27.6 Å². The van der Waals surface area contributed by atoms with E-state index in [2.05, 4.69) is 16.3 Å². The largest absolute Gasteiger partial charge is 0.492 e. The monoisotopic (exact) mass is 602 g/mol. The first kappa shape index (κ1) is 33.9. The van der Waals surface area contributed by atoms with Gasteiger partial charge in [-0.3, -0.25) is 14.5 Å². The van der Waals surface area contributed by atoms with E-state index in [1.165, 1.54) is 0 Å². The molecule has 0 aromatic heterocycles. The molecule has 2 aromatic carbocycles. The number of nitrogens with one attached hydrogen (secondary N) is 1. The number of rotatable bonds is 11. The van der Waals surface area contributed by atoms with Crippen molar-refractivity contribution in [2.75, 3.05) is 43.1 Å². The molecule has 0 bridgehead atoms. The third-order valence-electron chi connectivity index (χ3n) is 8.17. The molecule has 2 amide bonds. The van der Waals surface area contributed by atoms with Crippen LogP contribution in [-0.4, -0.2) is 61.2 Å². The SMILES string of the molecule is CC.CCCc1cc(OCCN2CCC3(CC2)C(=O)Nc2ccc(C#N)cc23)cc(C(F)(F)F)c1N(C=O)C(CC)CO. The lowest BCUT2D eigenvalue weighted by Gasteiger charge is -2.38. The first-order valence-corrected chi connectivity index (χ1v) is 14.9. The zero-order valence-electron chi connectivity index (χ0n) is 25.3. The van der Waals surface area contributed by atoms with Crippen LogP contribution >= 0.6 is 0 Å². The second-order valence-corrected chi connectivity index (χ2v) is 10.6. The summed E-state index contributed by atoms with van der Waals surface area (Å²) in [4.78, 5) is 27.9. The van der Waals surface area contributed by atoms with Crippen molar-refractivity contribution in [2.45, 2.75) is 77.4 Å². The number of piperidine rings is 1. The molecule has 0 saturated carbocycles. The first-order valence-electron chi connectivity index (χ1n) is 14.9. The molecule has 2 aromatic rings. The van der Waals surface area contributed by atoms with Gasteiger partial charge in [-0.25, -0.2) is 0 Å². The van der Waals surface area contributed by atoms with E-state index in [9.17, 15) is 33.1 Å². The molecular weight excluding hydrogens is 561 g/mol. The molecule has 1 fully saturated rings. The summed E-state index contributed by atoms with van der Waals surface area (Å²) in [7, 11) is 0. The topological polar surface area (TPSA) is 106 Å². The van der Waals surface area contributed by atoms with Crippen molar-refractivity contribution >= 4 is 23.7 Å². The predicted molar refractivity (Wildman–Crippen MR) is 159 cm³/mol. The number of carbonyl (C=O) groups is 2. The van der Waals surface area contributed by atoms with Gasteiger partial charge in [0, 0.05) is 12.2 Å². The van der Waals surface area contributed by atoms with E-state index in [0.29, 0.717) is 69.3 Å². The molecule has 2 N–H and O–H groups in total. The van der Waals surface area contributed by atoms with E-state index in [1.807, 2.05) is 20.8 Å². The number of hydrogen-bond acceptors (Lipinski definition) is 6. The second kappa shape index (κ2) is 14.7. The molecule has 1 saturated heterocycles. The standard InChI is InChI=1S/C30H35F3N4O4.C2H6/c1-3-5-21-15-23(16-25(30(31,32)33)27(21)37(19-39)22(4-2)18-38)41-13-12-36-10-8-29(9-11-36)24-14-20(17-34)6-7-26(24)35-28(29)40;1-2/h6-7,14-16,19,22,38H,3-5,8-13,18H2,1-2H3,(H,35,40);1-2H3. The number of fused-ring (bicyclic) bond motifs is 2. The zero-order valence-corrected chi connectivity index (χ0v) is 25.3. The Morgan fingerprint density at radius 1 is 1.21 bits per heavy atom. The van der Waals surface area contributed by atoms with Gasteiger partial charge in [0.25, 0.3) is 0 Å². The Morgan fingerprint density at radius 2 is 1.91 bits per heavy atom. The molecule has 8 nitrogen and oxygen atoms in total. The summed E-state index contributed by atoms with van der Waals surface area (Å²) in [5.74, 6) is -0.00776. The highest BCUT2D eigenvalue weighted by Gasteiger charge is 2.48. The maximum Gasteiger partial charge on any atom is 0.418 e. The fourth-order valence-electron chi connectivity index (χ4n) is 5.90. The minimum absolute atomic E-state index is 0.0639. The first-order chi connectivity index (χ1) is 20.6. The van der Waals surface area contributed by atoms with E-state index in [0.717, 1.165) is 22.2 Å². The summed E-state index contributed by atoms with van der Waals surface area (Å²) in [6.07, 6.45) is -2.14. The van der Waals surface area contributed by atoms with E-state index in [1.54, 1.807) is 31.2 Å². The van der Waals surface area contributed by atoms with Crippen LogP contribution in [0.2, 0.25) is 0 Å². The minimum Gasteiger partial charge on any atom is -0.492 e. The van der Waals surface area contributed by atoms with Crippen LogP contribution in [0.4, 0.5) is 24.5 Å². The van der Waals surface area contributed by atoms with Gasteiger partial charge in [0.05, 0.1) is 40.9 Å². The molecule has 1 atom stereocenters. The number of aliphatic hydroxyl groups excluding tert-OH is 1. The fraction of sp³-hybridized carbons (Fsp3) is 0.531. The van der Waals surface area contributed by atoms with Gasteiger partial charge < -0.3 is 20.1 Å². The molecule has 0 radical (unpaired) electrons. The number of amides is 2. The number of nitrogens with zero attached hydrogens (tertiary/aromatic N) is 3. The number of nitriles is 1. The second-order valence-electron chi connectivity index (χ2n) is 10.6. The molecule has 234 valence electrons. The van der Waals surface area contributed by atoms with Gasteiger partial charge in [0.1, 0.15) is 12.4 Å². The number of aliphatic hydroxyl groups is 1. The van der Waals surface area contributed by atoms with E-state index in [4.69, 9.17) is 4.74 Å².